The summed E-state index contributed by atoms with van der Waals surface area (Å²) in [4.78, 5) is 17.9. The van der Waals surface area contributed by atoms with Gasteiger partial charge >= 0.3 is 0 Å². The van der Waals surface area contributed by atoms with Crippen LogP contribution < -0.4 is 11.3 Å². The highest BCUT2D eigenvalue weighted by molar-refractivity contribution is 5.63. The smallest absolute Gasteiger partial charge is 0.300 e. The van der Waals surface area contributed by atoms with E-state index in [4.69, 9.17) is 19.8 Å². The number of aliphatic carboxylic acids is 2. The summed E-state index contributed by atoms with van der Waals surface area (Å²) in [5.41, 5.74) is 0. The molecule has 0 aromatic heterocycles. The van der Waals surface area contributed by atoms with Gasteiger partial charge in [0.25, 0.3) is 5.97 Å². The maximum absolute atomic E-state index is 9.00. The van der Waals surface area contributed by atoms with Crippen LogP contribution >= 0.6 is 0 Å². The van der Waals surface area contributed by atoms with Gasteiger partial charge in [-0.3, -0.25) is 4.79 Å². The second-order valence-corrected chi connectivity index (χ2v) is 6.66. The monoisotopic (exact) mass is 378 g/mol. The summed E-state index contributed by atoms with van der Waals surface area (Å²) in [6.07, 6.45) is 11.1. The van der Waals surface area contributed by atoms with Gasteiger partial charge in [-0.2, -0.15) is 0 Å². The van der Waals surface area contributed by atoms with E-state index >= 15 is 0 Å². The second kappa shape index (κ2) is 23.9. The van der Waals surface area contributed by atoms with Crippen molar-refractivity contribution in [2.75, 3.05) is 26.2 Å². The lowest BCUT2D eigenvalue weighted by Gasteiger charge is -2.39. The number of carbonyl (C=O) groups is 2. The van der Waals surface area contributed by atoms with Crippen molar-refractivity contribution in [3.63, 3.8) is 0 Å². The second-order valence-electron chi connectivity index (χ2n) is 6.66. The molecule has 0 spiro atoms. The van der Waals surface area contributed by atoms with Gasteiger partial charge in [-0.25, -0.2) is 0 Å². The highest BCUT2D eigenvalue weighted by atomic mass is 16.4. The molecule has 0 atom stereocenters. The average Bonchev–Trinajstić information content (AvgIpc) is 2.52. The van der Waals surface area contributed by atoms with Crippen molar-refractivity contribution in [3.05, 3.63) is 0 Å². The first-order valence-corrected chi connectivity index (χ1v) is 9.93. The molecule has 0 aliphatic heterocycles. The fourth-order valence-electron chi connectivity index (χ4n) is 2.64. The molecule has 0 amide bonds. The number of rotatable bonds is 12. The highest BCUT2D eigenvalue weighted by Crippen LogP contribution is 2.16. The van der Waals surface area contributed by atoms with E-state index in [2.05, 4.69) is 27.7 Å². The van der Waals surface area contributed by atoms with Gasteiger partial charge in [-0.1, -0.05) is 53.4 Å². The van der Waals surface area contributed by atoms with Crippen LogP contribution in [0.5, 0.6) is 0 Å². The number of carbonyl (C=O) groups excluding carboxylic acids is 1. The van der Waals surface area contributed by atoms with Crippen LogP contribution in [-0.4, -0.2) is 47.7 Å². The number of nitrogens with zero attached hydrogens (tertiary/aromatic N) is 1. The summed E-state index contributed by atoms with van der Waals surface area (Å²) in [6.45, 7) is 17.1. The summed E-state index contributed by atoms with van der Waals surface area (Å²) in [6, 6.07) is 0. The van der Waals surface area contributed by atoms with E-state index in [1.807, 2.05) is 0 Å². The maximum Gasteiger partial charge on any atom is 0.300 e. The lowest BCUT2D eigenvalue weighted by Crippen LogP contribution is -2.50. The first-order valence-electron chi connectivity index (χ1n) is 9.93. The molecule has 0 aliphatic rings. The lowest BCUT2D eigenvalue weighted by molar-refractivity contribution is -0.929. The Balaban J connectivity index is -0.000000226. The number of carboxylic acid groups (broad SMARTS) is 2. The third-order valence-corrected chi connectivity index (χ3v) is 3.94. The molecule has 0 unspecified atom stereocenters. The van der Waals surface area contributed by atoms with E-state index in [-0.39, 0.29) is 6.15 Å². The molecule has 0 saturated heterocycles. The highest BCUT2D eigenvalue weighted by Gasteiger charge is 2.24. The molecular weight excluding hydrogens is 332 g/mol. The Hall–Kier alpha value is -1.14. The normalized spacial score (nSPS) is 9.77. The fraction of sp³-hybridized carbons (Fsp3) is 0.900. The molecule has 0 fully saturated rings. The number of hydrogen-bond acceptors (Lipinski definition) is 4. The zero-order valence-corrected chi connectivity index (χ0v) is 18.3. The van der Waals surface area contributed by atoms with Crippen molar-refractivity contribution in [2.24, 2.45) is 0 Å². The molecule has 0 aromatic carbocycles. The Kier molecular flexibility index (Phi) is 29.8. The fourth-order valence-corrected chi connectivity index (χ4v) is 2.64. The maximum atomic E-state index is 9.00. The third kappa shape index (κ3) is 30.7. The predicted octanol–water partition coefficient (Wildman–Crippen LogP) is 4.01. The minimum Gasteiger partial charge on any atom is -0.550 e. The van der Waals surface area contributed by atoms with Crippen molar-refractivity contribution in [1.82, 2.24) is 6.15 Å². The van der Waals surface area contributed by atoms with Crippen LogP contribution in [0.1, 0.15) is 92.9 Å². The lowest BCUT2D eigenvalue weighted by atomic mass is 10.1. The number of carboxylic acids is 2. The van der Waals surface area contributed by atoms with Crippen LogP contribution in [0, 0.1) is 0 Å². The SMILES string of the molecule is CC(=O)O.CC(=O)[O-].CCCC[N+](CCCC)(CCCC)CCCC.N. The summed E-state index contributed by atoms with van der Waals surface area (Å²) < 4.78 is 1.42. The molecule has 6 heteroatoms. The van der Waals surface area contributed by atoms with Gasteiger partial charge in [-0.15, -0.1) is 0 Å². The first-order chi connectivity index (χ1) is 11.7. The zero-order chi connectivity index (χ0) is 20.1. The largest absolute Gasteiger partial charge is 0.550 e. The van der Waals surface area contributed by atoms with Crippen LogP contribution in [-0.2, 0) is 9.59 Å². The molecule has 160 valence electrons. The molecule has 0 saturated carbocycles. The van der Waals surface area contributed by atoms with Crippen molar-refractivity contribution >= 4 is 11.9 Å². The van der Waals surface area contributed by atoms with E-state index in [1.165, 1.54) is 82.0 Å². The molecule has 0 rings (SSSR count). The Morgan fingerprint density at radius 2 is 0.885 bits per heavy atom. The van der Waals surface area contributed by atoms with Crippen LogP contribution in [0.15, 0.2) is 0 Å². The third-order valence-electron chi connectivity index (χ3n) is 3.94. The van der Waals surface area contributed by atoms with Crippen LogP contribution in [0.2, 0.25) is 0 Å². The van der Waals surface area contributed by atoms with Crippen molar-refractivity contribution in [1.29, 1.82) is 0 Å². The van der Waals surface area contributed by atoms with Gasteiger partial charge in [0, 0.05) is 12.9 Å². The van der Waals surface area contributed by atoms with Crippen LogP contribution in [0.4, 0.5) is 0 Å². The first kappa shape index (κ1) is 32.5. The molecule has 0 heterocycles. The predicted molar refractivity (Wildman–Crippen MR) is 108 cm³/mol. The van der Waals surface area contributed by atoms with Crippen LogP contribution in [0.25, 0.3) is 0 Å². The summed E-state index contributed by atoms with van der Waals surface area (Å²) in [5, 5.41) is 16.3. The summed E-state index contributed by atoms with van der Waals surface area (Å²) in [5.74, 6) is -1.92. The zero-order valence-electron chi connectivity index (χ0n) is 18.3. The van der Waals surface area contributed by atoms with Crippen molar-refractivity contribution in [2.45, 2.75) is 92.9 Å². The van der Waals surface area contributed by atoms with E-state index in [9.17, 15) is 0 Å². The molecule has 0 bridgehead atoms. The number of unbranched alkanes of at least 4 members (excludes halogenated alkanes) is 4. The minimum absolute atomic E-state index is 0. The standard InChI is InChI=1S/C16H36N.2C2H4O2.H3N/c1-5-9-13-17(14-10-6-2,15-11-7-3)16-12-8-4;2*1-2(3)4;/h5-16H2,1-4H3;2*1H3,(H,3,4);1H3/q+1;;;/p-1. The Bertz CT molecular complexity index is 253. The quantitative estimate of drug-likeness (QED) is 0.498. The van der Waals surface area contributed by atoms with Gasteiger partial charge in [0.05, 0.1) is 26.2 Å². The molecule has 0 radical (unpaired) electrons. The van der Waals surface area contributed by atoms with E-state index in [1.54, 1.807) is 0 Å². The number of hydrogen-bond donors (Lipinski definition) is 2. The Morgan fingerprint density at radius 3 is 1.00 bits per heavy atom. The van der Waals surface area contributed by atoms with E-state index in [0.717, 1.165) is 13.8 Å². The van der Waals surface area contributed by atoms with Gasteiger partial charge in [0.15, 0.2) is 0 Å². The van der Waals surface area contributed by atoms with Crippen LogP contribution in [0.3, 0.4) is 0 Å². The van der Waals surface area contributed by atoms with Crippen molar-refractivity contribution in [3.8, 4) is 0 Å². The van der Waals surface area contributed by atoms with Crippen molar-refractivity contribution < 1.29 is 24.3 Å². The molecular formula is C20H46N2O4. The number of quaternary nitrogens is 1. The van der Waals surface area contributed by atoms with Gasteiger partial charge < -0.3 is 25.6 Å². The molecule has 6 nitrogen and oxygen atoms in total. The topological polar surface area (TPSA) is 112 Å². The molecule has 26 heavy (non-hydrogen) atoms. The van der Waals surface area contributed by atoms with Gasteiger partial charge in [-0.05, 0) is 32.6 Å². The molecule has 4 N–H and O–H groups in total. The Labute approximate surface area is 162 Å². The van der Waals surface area contributed by atoms with E-state index in [0.29, 0.717) is 0 Å². The Morgan fingerprint density at radius 1 is 0.731 bits per heavy atom. The molecule has 0 aliphatic carbocycles. The van der Waals surface area contributed by atoms with Gasteiger partial charge in [0.1, 0.15) is 0 Å². The minimum atomic E-state index is -1.08. The van der Waals surface area contributed by atoms with E-state index < -0.39 is 11.9 Å². The summed E-state index contributed by atoms with van der Waals surface area (Å²) in [7, 11) is 0. The average molecular weight is 379 g/mol. The van der Waals surface area contributed by atoms with Gasteiger partial charge in [0.2, 0.25) is 0 Å². The summed E-state index contributed by atoms with van der Waals surface area (Å²) >= 11 is 0. The molecule has 0 aromatic rings.